The Labute approximate surface area is 87.7 Å². The highest BCUT2D eigenvalue weighted by Crippen LogP contribution is 2.09. The van der Waals surface area contributed by atoms with Crippen molar-refractivity contribution in [2.45, 2.75) is 32.8 Å². The second-order valence-electron chi connectivity index (χ2n) is 4.12. The van der Waals surface area contributed by atoms with Crippen LogP contribution in [0.3, 0.4) is 0 Å². The number of piperidine rings is 1. The first-order valence-corrected chi connectivity index (χ1v) is 5.89. The quantitative estimate of drug-likeness (QED) is 0.710. The molecule has 1 N–H and O–H groups in total. The van der Waals surface area contributed by atoms with Crippen LogP contribution in [-0.4, -0.2) is 60.3 Å². The lowest BCUT2D eigenvalue weighted by Crippen LogP contribution is -2.42. The van der Waals surface area contributed by atoms with Gasteiger partial charge in [-0.3, -0.25) is 4.90 Å². The molecule has 3 heteroatoms. The number of nitrogens with zero attached hydrogens (tertiary/aromatic N) is 2. The summed E-state index contributed by atoms with van der Waals surface area (Å²) in [6.07, 6.45) is 2.06. The third-order valence-electron chi connectivity index (χ3n) is 3.11. The molecule has 0 aromatic rings. The summed E-state index contributed by atoms with van der Waals surface area (Å²) in [5.41, 5.74) is 0. The summed E-state index contributed by atoms with van der Waals surface area (Å²) in [7, 11) is 0. The molecule has 1 aliphatic rings. The predicted octanol–water partition coefficient (Wildman–Crippen LogP) is 0.785. The monoisotopic (exact) mass is 200 g/mol. The summed E-state index contributed by atoms with van der Waals surface area (Å²) in [6.45, 7) is 11.0. The molecule has 1 rings (SSSR count). The van der Waals surface area contributed by atoms with E-state index >= 15 is 0 Å². The maximum absolute atomic E-state index is 9.50. The zero-order chi connectivity index (χ0) is 10.4. The Morgan fingerprint density at radius 2 is 2.07 bits per heavy atom. The van der Waals surface area contributed by atoms with Gasteiger partial charge in [0.05, 0.1) is 6.10 Å². The Hall–Kier alpha value is -0.120. The van der Waals surface area contributed by atoms with Crippen LogP contribution in [0.25, 0.3) is 0 Å². The van der Waals surface area contributed by atoms with Crippen LogP contribution >= 0.6 is 0 Å². The average Bonchev–Trinajstić information content (AvgIpc) is 2.19. The fourth-order valence-electron chi connectivity index (χ4n) is 2.06. The Morgan fingerprint density at radius 3 is 2.64 bits per heavy atom. The van der Waals surface area contributed by atoms with Crippen LogP contribution in [0.4, 0.5) is 0 Å². The fraction of sp³-hybridized carbons (Fsp3) is 1.00. The van der Waals surface area contributed by atoms with Gasteiger partial charge in [0.25, 0.3) is 0 Å². The van der Waals surface area contributed by atoms with Crippen molar-refractivity contribution in [2.24, 2.45) is 0 Å². The minimum Gasteiger partial charge on any atom is -0.392 e. The molecule has 0 bridgehead atoms. The van der Waals surface area contributed by atoms with E-state index in [4.69, 9.17) is 0 Å². The molecule has 0 aromatic heterocycles. The Bertz CT molecular complexity index is 148. The summed E-state index contributed by atoms with van der Waals surface area (Å²) in [5, 5.41) is 9.50. The smallest absolute Gasteiger partial charge is 0.0667 e. The number of aliphatic hydroxyl groups is 1. The molecule has 0 aliphatic carbocycles. The fourth-order valence-corrected chi connectivity index (χ4v) is 2.06. The summed E-state index contributed by atoms with van der Waals surface area (Å²) in [5.74, 6) is 0. The first kappa shape index (κ1) is 12.0. The molecular formula is C11H24N2O. The van der Waals surface area contributed by atoms with Gasteiger partial charge >= 0.3 is 0 Å². The normalized spacial score (nSPS) is 24.4. The van der Waals surface area contributed by atoms with E-state index in [1.165, 1.54) is 6.54 Å². The van der Waals surface area contributed by atoms with Crippen molar-refractivity contribution in [2.75, 3.05) is 39.3 Å². The second kappa shape index (κ2) is 6.38. The van der Waals surface area contributed by atoms with Crippen molar-refractivity contribution < 1.29 is 5.11 Å². The van der Waals surface area contributed by atoms with E-state index in [1.54, 1.807) is 0 Å². The molecule has 84 valence electrons. The lowest BCUT2D eigenvalue weighted by molar-refractivity contribution is 0.0652. The number of aliphatic hydroxyl groups excluding tert-OH is 1. The molecule has 1 heterocycles. The molecule has 0 aromatic carbocycles. The van der Waals surface area contributed by atoms with E-state index in [9.17, 15) is 5.11 Å². The van der Waals surface area contributed by atoms with Crippen LogP contribution in [0.2, 0.25) is 0 Å². The third kappa shape index (κ3) is 3.95. The third-order valence-corrected chi connectivity index (χ3v) is 3.11. The van der Waals surface area contributed by atoms with Crippen molar-refractivity contribution in [3.63, 3.8) is 0 Å². The highest BCUT2D eigenvalue weighted by molar-refractivity contribution is 4.72. The lowest BCUT2D eigenvalue weighted by atomic mass is 10.1. The lowest BCUT2D eigenvalue weighted by Gasteiger charge is -2.31. The molecule has 1 unspecified atom stereocenters. The topological polar surface area (TPSA) is 26.7 Å². The summed E-state index contributed by atoms with van der Waals surface area (Å²) in [6, 6.07) is 0. The highest BCUT2D eigenvalue weighted by Gasteiger charge is 2.17. The Balaban J connectivity index is 2.16. The van der Waals surface area contributed by atoms with Crippen LogP contribution < -0.4 is 0 Å². The Kier molecular flexibility index (Phi) is 5.45. The first-order valence-electron chi connectivity index (χ1n) is 5.89. The molecule has 0 amide bonds. The van der Waals surface area contributed by atoms with Crippen molar-refractivity contribution >= 4 is 0 Å². The van der Waals surface area contributed by atoms with Crippen molar-refractivity contribution in [3.05, 3.63) is 0 Å². The van der Waals surface area contributed by atoms with Crippen LogP contribution in [-0.2, 0) is 0 Å². The van der Waals surface area contributed by atoms with Crippen molar-refractivity contribution in [3.8, 4) is 0 Å². The average molecular weight is 200 g/mol. The summed E-state index contributed by atoms with van der Waals surface area (Å²) >= 11 is 0. The van der Waals surface area contributed by atoms with E-state index in [0.717, 1.165) is 45.6 Å². The van der Waals surface area contributed by atoms with Crippen molar-refractivity contribution in [1.29, 1.82) is 0 Å². The Morgan fingerprint density at radius 1 is 1.36 bits per heavy atom. The van der Waals surface area contributed by atoms with E-state index in [1.807, 2.05) is 0 Å². The van der Waals surface area contributed by atoms with Gasteiger partial charge in [0, 0.05) is 19.6 Å². The van der Waals surface area contributed by atoms with Gasteiger partial charge in [-0.05, 0) is 32.5 Å². The molecule has 0 saturated carbocycles. The molecular weight excluding hydrogens is 176 g/mol. The van der Waals surface area contributed by atoms with Crippen LogP contribution in [0.15, 0.2) is 0 Å². The molecule has 1 aliphatic heterocycles. The van der Waals surface area contributed by atoms with E-state index in [2.05, 4.69) is 23.6 Å². The number of β-amino-alcohol motifs (C(OH)–C–C–N with tert-alkyl or cyclic N) is 1. The zero-order valence-electron chi connectivity index (χ0n) is 9.58. The van der Waals surface area contributed by atoms with Gasteiger partial charge in [-0.15, -0.1) is 0 Å². The molecule has 0 radical (unpaired) electrons. The maximum Gasteiger partial charge on any atom is 0.0667 e. The highest BCUT2D eigenvalue weighted by atomic mass is 16.3. The number of likely N-dealkylation sites (N-methyl/N-ethyl adjacent to an activating group) is 1. The number of likely N-dealkylation sites (tertiary alicyclic amines) is 1. The summed E-state index contributed by atoms with van der Waals surface area (Å²) < 4.78 is 0. The summed E-state index contributed by atoms with van der Waals surface area (Å²) in [4.78, 5) is 4.81. The van der Waals surface area contributed by atoms with E-state index in [-0.39, 0.29) is 6.10 Å². The van der Waals surface area contributed by atoms with Gasteiger partial charge in [0.15, 0.2) is 0 Å². The number of rotatable bonds is 5. The molecule has 1 saturated heterocycles. The van der Waals surface area contributed by atoms with Gasteiger partial charge in [-0.2, -0.15) is 0 Å². The van der Waals surface area contributed by atoms with Gasteiger partial charge in [0.1, 0.15) is 0 Å². The molecule has 0 spiro atoms. The predicted molar refractivity (Wildman–Crippen MR) is 59.5 cm³/mol. The molecule has 3 nitrogen and oxygen atoms in total. The van der Waals surface area contributed by atoms with Gasteiger partial charge < -0.3 is 10.0 Å². The van der Waals surface area contributed by atoms with Crippen LogP contribution in [0.1, 0.15) is 26.7 Å². The van der Waals surface area contributed by atoms with Gasteiger partial charge in [-0.1, -0.05) is 13.8 Å². The van der Waals surface area contributed by atoms with E-state index in [0.29, 0.717) is 0 Å². The van der Waals surface area contributed by atoms with Crippen molar-refractivity contribution in [1.82, 2.24) is 9.80 Å². The molecule has 1 atom stereocenters. The molecule has 1 fully saturated rings. The second-order valence-corrected chi connectivity index (χ2v) is 4.12. The minimum atomic E-state index is -0.0829. The van der Waals surface area contributed by atoms with Gasteiger partial charge in [0.2, 0.25) is 0 Å². The van der Waals surface area contributed by atoms with Crippen LogP contribution in [0.5, 0.6) is 0 Å². The first-order chi connectivity index (χ1) is 6.76. The maximum atomic E-state index is 9.50. The largest absolute Gasteiger partial charge is 0.392 e. The number of hydrogen-bond donors (Lipinski definition) is 1. The van der Waals surface area contributed by atoms with E-state index < -0.39 is 0 Å². The standard InChI is InChI=1S/C11H24N2O/c1-3-12(4-2)8-9-13-7-5-6-11(14)10-13/h11,14H,3-10H2,1-2H3. The number of hydrogen-bond acceptors (Lipinski definition) is 3. The zero-order valence-corrected chi connectivity index (χ0v) is 9.58. The van der Waals surface area contributed by atoms with Crippen LogP contribution in [0, 0.1) is 0 Å². The molecule has 14 heavy (non-hydrogen) atoms. The van der Waals surface area contributed by atoms with Gasteiger partial charge in [-0.25, -0.2) is 0 Å². The minimum absolute atomic E-state index is 0.0829. The SMILES string of the molecule is CCN(CC)CCN1CCCC(O)C1.